The first kappa shape index (κ1) is 15.4. The maximum absolute atomic E-state index is 10.2. The van der Waals surface area contributed by atoms with Gasteiger partial charge in [0.15, 0.2) is 5.13 Å². The zero-order chi connectivity index (χ0) is 17.2. The van der Waals surface area contributed by atoms with Crippen molar-refractivity contribution in [2.75, 3.05) is 12.4 Å². The summed E-state index contributed by atoms with van der Waals surface area (Å²) in [5.74, 6) is 0.722. The highest BCUT2D eigenvalue weighted by atomic mass is 32.1. The minimum Gasteiger partial charge on any atom is -0.495 e. The summed E-state index contributed by atoms with van der Waals surface area (Å²) in [5.41, 5.74) is 1.87. The van der Waals surface area contributed by atoms with Crippen LogP contribution in [0.2, 0.25) is 0 Å². The van der Waals surface area contributed by atoms with Gasteiger partial charge in [0.2, 0.25) is 5.88 Å². The molecule has 1 aliphatic heterocycles. The SMILES string of the molecule is COc1ccccc1Nc1nc(O)c(/C=c2/ccc3c(c2)C=CN=3)s1. The van der Waals surface area contributed by atoms with Crippen molar-refractivity contribution in [3.63, 3.8) is 0 Å². The summed E-state index contributed by atoms with van der Waals surface area (Å²) < 4.78 is 5.32. The van der Waals surface area contributed by atoms with E-state index < -0.39 is 0 Å². The molecule has 5 nitrogen and oxygen atoms in total. The normalized spacial score (nSPS) is 12.8. The molecule has 0 fully saturated rings. The predicted molar refractivity (Wildman–Crippen MR) is 99.9 cm³/mol. The van der Waals surface area contributed by atoms with Crippen LogP contribution in [0.4, 0.5) is 10.8 Å². The van der Waals surface area contributed by atoms with Crippen molar-refractivity contribution in [2.24, 2.45) is 4.99 Å². The summed E-state index contributed by atoms with van der Waals surface area (Å²) in [6.45, 7) is 0. The van der Waals surface area contributed by atoms with Gasteiger partial charge in [0.1, 0.15) is 5.75 Å². The first-order valence-corrected chi connectivity index (χ1v) is 8.50. The molecule has 1 aliphatic rings. The summed E-state index contributed by atoms with van der Waals surface area (Å²) >= 11 is 1.38. The van der Waals surface area contributed by atoms with Gasteiger partial charge in [0.25, 0.3) is 0 Å². The Bertz CT molecular complexity index is 1090. The van der Waals surface area contributed by atoms with E-state index in [1.807, 2.05) is 54.6 Å². The minimum atomic E-state index is 0.00289. The van der Waals surface area contributed by atoms with E-state index in [2.05, 4.69) is 15.3 Å². The molecule has 0 spiro atoms. The standard InChI is InChI=1S/C19H15N3O2S/c1-24-16-5-3-2-4-15(16)21-19-22-18(23)17(25-19)11-12-6-7-14-13(10-12)8-9-20-14/h2-11,23H,1H3,(H,21,22)/b12-11-. The fourth-order valence-corrected chi connectivity index (χ4v) is 3.43. The van der Waals surface area contributed by atoms with Gasteiger partial charge in [-0.3, -0.25) is 4.99 Å². The average molecular weight is 349 g/mol. The molecule has 3 aromatic rings. The predicted octanol–water partition coefficient (Wildman–Crippen LogP) is 3.03. The van der Waals surface area contributed by atoms with Crippen LogP contribution in [0.1, 0.15) is 10.4 Å². The molecule has 2 heterocycles. The van der Waals surface area contributed by atoms with Gasteiger partial charge in [0, 0.05) is 11.8 Å². The summed E-state index contributed by atoms with van der Waals surface area (Å²) in [6, 6.07) is 13.6. The Hall–Kier alpha value is -3.12. The highest BCUT2D eigenvalue weighted by molar-refractivity contribution is 7.16. The smallest absolute Gasteiger partial charge is 0.231 e. The second-order valence-corrected chi connectivity index (χ2v) is 6.47. The van der Waals surface area contributed by atoms with Gasteiger partial charge in [0.05, 0.1) is 23.0 Å². The summed E-state index contributed by atoms with van der Waals surface area (Å²) in [4.78, 5) is 9.14. The molecule has 0 bridgehead atoms. The topological polar surface area (TPSA) is 66.7 Å². The number of aromatic hydroxyl groups is 1. The van der Waals surface area contributed by atoms with E-state index in [0.717, 1.165) is 27.6 Å². The third kappa shape index (κ3) is 3.12. The van der Waals surface area contributed by atoms with Crippen molar-refractivity contribution in [3.8, 4) is 11.6 Å². The van der Waals surface area contributed by atoms with E-state index in [0.29, 0.717) is 10.0 Å². The Kier molecular flexibility index (Phi) is 3.95. The number of hydrogen-bond donors (Lipinski definition) is 2. The summed E-state index contributed by atoms with van der Waals surface area (Å²) in [6.07, 6.45) is 5.66. The number of nitrogens with zero attached hydrogens (tertiary/aromatic N) is 2. The second kappa shape index (κ2) is 6.41. The van der Waals surface area contributed by atoms with Crippen LogP contribution in [0, 0.1) is 0 Å². The fraction of sp³-hybridized carbons (Fsp3) is 0.0526. The maximum Gasteiger partial charge on any atom is 0.231 e. The molecular weight excluding hydrogens is 334 g/mol. The number of hydrogen-bond acceptors (Lipinski definition) is 6. The molecule has 0 radical (unpaired) electrons. The second-order valence-electron chi connectivity index (χ2n) is 5.44. The lowest BCUT2D eigenvalue weighted by Crippen LogP contribution is -2.09. The van der Waals surface area contributed by atoms with Gasteiger partial charge >= 0.3 is 0 Å². The van der Waals surface area contributed by atoms with Crippen LogP contribution in [0.5, 0.6) is 11.6 Å². The number of methoxy groups -OCH3 is 1. The Morgan fingerprint density at radius 2 is 2.08 bits per heavy atom. The summed E-state index contributed by atoms with van der Waals surface area (Å²) in [5, 5.41) is 15.9. The van der Waals surface area contributed by atoms with Gasteiger partial charge in [-0.1, -0.05) is 29.5 Å². The van der Waals surface area contributed by atoms with Gasteiger partial charge < -0.3 is 15.2 Å². The molecule has 0 atom stereocenters. The molecule has 124 valence electrons. The maximum atomic E-state index is 10.2. The van der Waals surface area contributed by atoms with E-state index in [9.17, 15) is 5.11 Å². The Balaban J connectivity index is 1.66. The Morgan fingerprint density at radius 3 is 2.96 bits per heavy atom. The van der Waals surface area contributed by atoms with Crippen molar-refractivity contribution < 1.29 is 9.84 Å². The number of anilines is 2. The van der Waals surface area contributed by atoms with Crippen molar-refractivity contribution in [1.82, 2.24) is 4.98 Å². The number of benzene rings is 2. The van der Waals surface area contributed by atoms with Gasteiger partial charge in [-0.05, 0) is 41.6 Å². The number of fused-ring (bicyclic) bond motifs is 1. The van der Waals surface area contributed by atoms with Crippen LogP contribution in [-0.4, -0.2) is 17.2 Å². The molecule has 6 heteroatoms. The number of ether oxygens (including phenoxy) is 1. The first-order valence-electron chi connectivity index (χ1n) is 7.69. The van der Waals surface area contributed by atoms with Crippen LogP contribution in [0.15, 0.2) is 53.7 Å². The van der Waals surface area contributed by atoms with Crippen molar-refractivity contribution >= 4 is 34.3 Å². The van der Waals surface area contributed by atoms with Gasteiger partial charge in [-0.25, -0.2) is 0 Å². The van der Waals surface area contributed by atoms with Crippen LogP contribution >= 0.6 is 11.3 Å². The van der Waals surface area contributed by atoms with E-state index >= 15 is 0 Å². The number of nitrogens with one attached hydrogen (secondary N) is 1. The largest absolute Gasteiger partial charge is 0.495 e. The molecule has 0 amide bonds. The summed E-state index contributed by atoms with van der Waals surface area (Å²) in [7, 11) is 1.62. The van der Waals surface area contributed by atoms with Crippen molar-refractivity contribution in [3.05, 3.63) is 69.7 Å². The molecule has 2 N–H and O–H groups in total. The molecule has 25 heavy (non-hydrogen) atoms. The molecule has 2 aromatic carbocycles. The lowest BCUT2D eigenvalue weighted by atomic mass is 10.2. The van der Waals surface area contributed by atoms with E-state index in [4.69, 9.17) is 4.74 Å². The third-order valence-corrected chi connectivity index (χ3v) is 4.71. The highest BCUT2D eigenvalue weighted by Crippen LogP contribution is 2.33. The van der Waals surface area contributed by atoms with Crippen LogP contribution in [0.3, 0.4) is 0 Å². The zero-order valence-corrected chi connectivity index (χ0v) is 14.2. The fourth-order valence-electron chi connectivity index (χ4n) is 2.60. The Labute approximate surface area is 148 Å². The first-order chi connectivity index (χ1) is 12.2. The van der Waals surface area contributed by atoms with Crippen LogP contribution in [-0.2, 0) is 0 Å². The molecule has 0 saturated carbocycles. The lowest BCUT2D eigenvalue weighted by molar-refractivity contribution is 0.417. The molecule has 0 unspecified atom stereocenters. The van der Waals surface area contributed by atoms with Gasteiger partial charge in [-0.2, -0.15) is 4.98 Å². The van der Waals surface area contributed by atoms with E-state index in [1.54, 1.807) is 13.3 Å². The van der Waals surface area contributed by atoms with Crippen LogP contribution in [0.25, 0.3) is 12.2 Å². The monoisotopic (exact) mass is 349 g/mol. The molecule has 0 saturated heterocycles. The zero-order valence-electron chi connectivity index (χ0n) is 13.4. The number of para-hydroxylation sites is 2. The molecule has 0 aliphatic carbocycles. The van der Waals surface area contributed by atoms with Crippen molar-refractivity contribution in [2.45, 2.75) is 0 Å². The number of rotatable bonds is 4. The highest BCUT2D eigenvalue weighted by Gasteiger charge is 2.10. The molecular formula is C19H15N3O2S. The van der Waals surface area contributed by atoms with E-state index in [1.165, 1.54) is 11.3 Å². The number of thiazole rings is 1. The van der Waals surface area contributed by atoms with Crippen molar-refractivity contribution in [1.29, 1.82) is 0 Å². The lowest BCUT2D eigenvalue weighted by Gasteiger charge is -2.07. The quantitative estimate of drug-likeness (QED) is 0.760. The Morgan fingerprint density at radius 1 is 1.20 bits per heavy atom. The molecule has 1 aromatic heterocycles. The third-order valence-electron chi connectivity index (χ3n) is 3.80. The number of aromatic nitrogens is 1. The van der Waals surface area contributed by atoms with Gasteiger partial charge in [-0.15, -0.1) is 0 Å². The minimum absolute atomic E-state index is 0.00289. The molecule has 4 rings (SSSR count). The van der Waals surface area contributed by atoms with Crippen LogP contribution < -0.4 is 20.6 Å². The van der Waals surface area contributed by atoms with E-state index in [-0.39, 0.29) is 5.88 Å². The average Bonchev–Trinajstić information content (AvgIpc) is 3.22.